The second-order valence-electron chi connectivity index (χ2n) is 5.90. The van der Waals surface area contributed by atoms with E-state index in [0.29, 0.717) is 6.42 Å². The molecule has 5 nitrogen and oxygen atoms in total. The largest absolute Gasteiger partial charge is 0.350 e. The zero-order valence-electron chi connectivity index (χ0n) is 10.5. The van der Waals surface area contributed by atoms with Crippen molar-refractivity contribution in [1.82, 2.24) is 5.32 Å². The zero-order valence-corrected chi connectivity index (χ0v) is 11.3. The van der Waals surface area contributed by atoms with Gasteiger partial charge in [0.2, 0.25) is 5.91 Å². The lowest BCUT2D eigenvalue weighted by Gasteiger charge is -2.27. The van der Waals surface area contributed by atoms with Crippen LogP contribution in [0.3, 0.4) is 0 Å². The van der Waals surface area contributed by atoms with E-state index in [1.165, 1.54) is 0 Å². The van der Waals surface area contributed by atoms with Gasteiger partial charge in [-0.3, -0.25) is 9.35 Å². The van der Waals surface area contributed by atoms with E-state index >= 15 is 0 Å². The molecule has 0 aromatic rings. The maximum atomic E-state index is 11.6. The summed E-state index contributed by atoms with van der Waals surface area (Å²) in [5.74, 6) is -0.711. The van der Waals surface area contributed by atoms with Gasteiger partial charge in [0.25, 0.3) is 10.1 Å². The summed E-state index contributed by atoms with van der Waals surface area (Å²) in [6, 6.07) is 0. The van der Waals surface area contributed by atoms with Crippen LogP contribution < -0.4 is 5.32 Å². The number of rotatable bonds is 4. The number of carbonyl (C=O) groups is 1. The van der Waals surface area contributed by atoms with Crippen molar-refractivity contribution < 1.29 is 17.8 Å². The van der Waals surface area contributed by atoms with E-state index in [1.807, 2.05) is 20.8 Å². The van der Waals surface area contributed by atoms with Crippen molar-refractivity contribution in [3.63, 3.8) is 0 Å². The van der Waals surface area contributed by atoms with Crippen LogP contribution in [0.1, 0.15) is 41.0 Å². The fraction of sp³-hybridized carbons (Fsp3) is 0.900. The molecule has 0 unspecified atom stereocenters. The molecule has 0 spiro atoms. The first-order chi connectivity index (χ1) is 6.81. The van der Waals surface area contributed by atoms with Gasteiger partial charge < -0.3 is 5.32 Å². The van der Waals surface area contributed by atoms with Gasteiger partial charge in [-0.25, -0.2) is 0 Å². The minimum atomic E-state index is -4.09. The molecule has 0 aromatic carbocycles. The molecule has 2 N–H and O–H groups in total. The van der Waals surface area contributed by atoms with Crippen LogP contribution in [0, 0.1) is 5.41 Å². The average Bonchev–Trinajstić information content (AvgIpc) is 1.70. The van der Waals surface area contributed by atoms with Crippen LogP contribution in [-0.4, -0.2) is 30.2 Å². The number of carbonyl (C=O) groups excluding carboxylic acids is 1. The fourth-order valence-corrected chi connectivity index (χ4v) is 2.38. The molecule has 96 valence electrons. The zero-order chi connectivity index (χ0) is 13.2. The monoisotopic (exact) mass is 251 g/mol. The molecule has 0 bridgehead atoms. The number of nitrogens with one attached hydrogen (secondary N) is 1. The Labute approximate surface area is 97.4 Å². The molecule has 0 aliphatic heterocycles. The maximum absolute atomic E-state index is 11.6. The highest BCUT2D eigenvalue weighted by atomic mass is 32.2. The summed E-state index contributed by atoms with van der Waals surface area (Å²) in [5, 5.41) is 2.59. The van der Waals surface area contributed by atoms with Crippen molar-refractivity contribution in [2.45, 2.75) is 46.6 Å². The summed E-state index contributed by atoms with van der Waals surface area (Å²) in [5.41, 5.74) is -1.12. The lowest BCUT2D eigenvalue weighted by atomic mass is 9.91. The molecule has 1 amide bonds. The van der Waals surface area contributed by atoms with Crippen molar-refractivity contribution in [3.8, 4) is 0 Å². The number of amides is 1. The van der Waals surface area contributed by atoms with Crippen LogP contribution in [0.25, 0.3) is 0 Å². The van der Waals surface area contributed by atoms with Gasteiger partial charge in [-0.1, -0.05) is 20.8 Å². The summed E-state index contributed by atoms with van der Waals surface area (Å²) in [6.07, 6.45) is 0.307. The van der Waals surface area contributed by atoms with E-state index < -0.39 is 21.4 Å². The summed E-state index contributed by atoms with van der Waals surface area (Å²) in [7, 11) is -4.09. The van der Waals surface area contributed by atoms with Crippen LogP contribution in [0.15, 0.2) is 0 Å². The highest BCUT2D eigenvalue weighted by Gasteiger charge is 2.28. The van der Waals surface area contributed by atoms with E-state index in [2.05, 4.69) is 5.32 Å². The van der Waals surface area contributed by atoms with Crippen LogP contribution >= 0.6 is 0 Å². The van der Waals surface area contributed by atoms with Crippen LogP contribution in [0.2, 0.25) is 0 Å². The Balaban J connectivity index is 4.43. The van der Waals surface area contributed by atoms with E-state index in [9.17, 15) is 13.2 Å². The second kappa shape index (κ2) is 4.71. The lowest BCUT2D eigenvalue weighted by molar-refractivity contribution is -0.124. The Morgan fingerprint density at radius 2 is 1.62 bits per heavy atom. The minimum Gasteiger partial charge on any atom is -0.350 e. The molecule has 0 saturated carbocycles. The molecule has 6 heteroatoms. The van der Waals surface area contributed by atoms with E-state index in [1.54, 1.807) is 13.8 Å². The van der Waals surface area contributed by atoms with Crippen molar-refractivity contribution in [1.29, 1.82) is 0 Å². The predicted molar refractivity (Wildman–Crippen MR) is 62.7 cm³/mol. The normalized spacial score (nSPS) is 13.6. The first-order valence-corrected chi connectivity index (χ1v) is 6.68. The number of hydrogen-bond donors (Lipinski definition) is 2. The van der Waals surface area contributed by atoms with E-state index in [4.69, 9.17) is 4.55 Å². The van der Waals surface area contributed by atoms with Gasteiger partial charge in [-0.15, -0.1) is 0 Å². The predicted octanol–water partition coefficient (Wildman–Crippen LogP) is 1.21. The second-order valence-corrected chi connectivity index (χ2v) is 7.35. The van der Waals surface area contributed by atoms with E-state index in [0.717, 1.165) is 0 Å². The van der Waals surface area contributed by atoms with Gasteiger partial charge in [0.1, 0.15) is 0 Å². The van der Waals surface area contributed by atoms with Crippen LogP contribution in [0.5, 0.6) is 0 Å². The first-order valence-electron chi connectivity index (χ1n) is 5.07. The van der Waals surface area contributed by atoms with Crippen LogP contribution in [-0.2, 0) is 14.9 Å². The Morgan fingerprint density at radius 3 is 1.94 bits per heavy atom. The molecule has 0 aliphatic rings. The molecule has 0 rings (SSSR count). The van der Waals surface area contributed by atoms with E-state index in [-0.39, 0.29) is 11.3 Å². The minimum absolute atomic E-state index is 0.155. The van der Waals surface area contributed by atoms with Crippen LogP contribution in [0.4, 0.5) is 0 Å². The highest BCUT2D eigenvalue weighted by Crippen LogP contribution is 2.19. The molecular weight excluding hydrogens is 230 g/mol. The third-order valence-corrected chi connectivity index (χ3v) is 2.80. The third-order valence-electron chi connectivity index (χ3n) is 1.71. The summed E-state index contributed by atoms with van der Waals surface area (Å²) >= 11 is 0. The molecule has 0 heterocycles. The molecule has 0 aromatic heterocycles. The lowest BCUT2D eigenvalue weighted by Crippen LogP contribution is -2.49. The molecule has 0 radical (unpaired) electrons. The Kier molecular flexibility index (Phi) is 4.53. The average molecular weight is 251 g/mol. The molecule has 0 saturated heterocycles. The summed E-state index contributed by atoms with van der Waals surface area (Å²) in [4.78, 5) is 11.6. The Hall–Kier alpha value is -0.620. The van der Waals surface area contributed by atoms with Gasteiger partial charge in [0.15, 0.2) is 0 Å². The first kappa shape index (κ1) is 15.4. The molecule has 0 atom stereocenters. The molecule has 16 heavy (non-hydrogen) atoms. The highest BCUT2D eigenvalue weighted by molar-refractivity contribution is 7.85. The van der Waals surface area contributed by atoms with Gasteiger partial charge >= 0.3 is 0 Å². The van der Waals surface area contributed by atoms with Crippen molar-refractivity contribution in [2.75, 3.05) is 5.75 Å². The van der Waals surface area contributed by atoms with Crippen molar-refractivity contribution in [3.05, 3.63) is 0 Å². The summed E-state index contributed by atoms with van der Waals surface area (Å²) < 4.78 is 30.2. The summed E-state index contributed by atoms with van der Waals surface area (Å²) in [6.45, 7) is 8.87. The molecule has 0 aliphatic carbocycles. The Bertz CT molecular complexity index is 352. The van der Waals surface area contributed by atoms with Gasteiger partial charge in [0.05, 0.1) is 11.3 Å². The topological polar surface area (TPSA) is 83.5 Å². The molecule has 0 fully saturated rings. The van der Waals surface area contributed by atoms with Gasteiger partial charge in [-0.2, -0.15) is 8.42 Å². The van der Waals surface area contributed by atoms with Gasteiger partial charge in [0, 0.05) is 6.42 Å². The molecular formula is C10H21NO4S. The van der Waals surface area contributed by atoms with Crippen molar-refractivity contribution in [2.24, 2.45) is 5.41 Å². The smallest absolute Gasteiger partial charge is 0.267 e. The van der Waals surface area contributed by atoms with Gasteiger partial charge in [-0.05, 0) is 19.3 Å². The van der Waals surface area contributed by atoms with Crippen molar-refractivity contribution >= 4 is 16.0 Å². The third kappa shape index (κ3) is 8.67. The maximum Gasteiger partial charge on any atom is 0.267 e. The quantitative estimate of drug-likeness (QED) is 0.735. The standard InChI is InChI=1S/C10H21NO4S/c1-9(2,3)6-8(12)11-10(4,5)7-16(13,14)15/h6-7H2,1-5H3,(H,11,12)(H,13,14,15). The number of hydrogen-bond acceptors (Lipinski definition) is 3. The fourth-order valence-electron chi connectivity index (χ4n) is 1.40. The Morgan fingerprint density at radius 1 is 1.19 bits per heavy atom. The SMILES string of the molecule is CC(C)(C)CC(=O)NC(C)(C)CS(=O)(=O)O.